The molecule has 0 saturated carbocycles. The number of rotatable bonds is 5. The van der Waals surface area contributed by atoms with Gasteiger partial charge in [0.05, 0.1) is 17.8 Å². The van der Waals surface area contributed by atoms with E-state index in [1.807, 2.05) is 47.6 Å². The Labute approximate surface area is 233 Å². The molecule has 0 saturated heterocycles. The average molecular weight is 547 g/mol. The largest absolute Gasteiger partial charge is 0.490 e. The summed E-state index contributed by atoms with van der Waals surface area (Å²) in [6, 6.07) is 5.11. The summed E-state index contributed by atoms with van der Waals surface area (Å²) in [6.45, 7) is 11.9. The summed E-state index contributed by atoms with van der Waals surface area (Å²) in [5, 5.41) is 10.4. The van der Waals surface area contributed by atoms with Crippen molar-refractivity contribution >= 4 is 17.6 Å². The lowest BCUT2D eigenvalue weighted by Gasteiger charge is -2.30. The fourth-order valence-corrected chi connectivity index (χ4v) is 5.88. The van der Waals surface area contributed by atoms with Gasteiger partial charge in [0.2, 0.25) is 0 Å². The molecule has 0 fully saturated rings. The van der Waals surface area contributed by atoms with Crippen molar-refractivity contribution in [3.63, 3.8) is 0 Å². The zero-order valence-electron chi connectivity index (χ0n) is 23.9. The molecule has 1 atom stereocenters. The molecule has 1 unspecified atom stereocenters. The monoisotopic (exact) mass is 546 g/mol. The fourth-order valence-electron chi connectivity index (χ4n) is 5.88. The minimum atomic E-state index is -1.29. The molecular weight excluding hydrogens is 511 g/mol. The van der Waals surface area contributed by atoms with Crippen LogP contribution in [0, 0.1) is 26.6 Å². The zero-order chi connectivity index (χ0) is 28.9. The summed E-state index contributed by atoms with van der Waals surface area (Å²) in [5.74, 6) is -1.52. The molecule has 3 aromatic rings. The molecule has 0 spiro atoms. The third-order valence-electron chi connectivity index (χ3n) is 7.57. The summed E-state index contributed by atoms with van der Waals surface area (Å²) in [6.07, 6.45) is 3.88. The molecule has 3 heterocycles. The Balaban J connectivity index is 1.78. The molecule has 8 heteroatoms. The van der Waals surface area contributed by atoms with Crippen LogP contribution in [0.4, 0.5) is 10.1 Å². The number of anilines is 1. The Kier molecular flexibility index (Phi) is 7.17. The summed E-state index contributed by atoms with van der Waals surface area (Å²) in [5.41, 5.74) is 6.09. The fraction of sp³-hybridized carbons (Fsp3) is 0.406. The van der Waals surface area contributed by atoms with Crippen LogP contribution >= 0.6 is 0 Å². The minimum Gasteiger partial charge on any atom is -0.490 e. The first-order chi connectivity index (χ1) is 18.9. The number of carbonyl (C=O) groups is 2. The van der Waals surface area contributed by atoms with Gasteiger partial charge in [0.1, 0.15) is 0 Å². The number of benzene rings is 2. The number of aryl methyl sites for hydroxylation is 2. The van der Waals surface area contributed by atoms with Crippen molar-refractivity contribution < 1.29 is 28.6 Å². The van der Waals surface area contributed by atoms with Crippen molar-refractivity contribution in [1.82, 2.24) is 4.98 Å². The van der Waals surface area contributed by atoms with E-state index in [0.29, 0.717) is 59.5 Å². The molecule has 2 aliphatic heterocycles. The summed E-state index contributed by atoms with van der Waals surface area (Å²) < 4.78 is 27.3. The summed E-state index contributed by atoms with van der Waals surface area (Å²) in [4.78, 5) is 32.2. The lowest BCUT2D eigenvalue weighted by molar-refractivity contribution is -0.160. The number of nitrogens with zero attached hydrogens (tertiary/aromatic N) is 2. The average Bonchev–Trinajstić information content (AvgIpc) is 3.31. The Morgan fingerprint density at radius 1 is 1.10 bits per heavy atom. The standard InChI is InChI=1S/C32H35FN2O5/c1-17-12-20(16-34-15-17)30(36)35-10-9-22-25(35)13-18(2)26(29(31(37)38)40-32(4,5)6)27(22)23-14-24(33)28-21(19(23)3)8-7-11-39-28/h12-16,29H,7-11H2,1-6H3,(H,37,38). The van der Waals surface area contributed by atoms with Gasteiger partial charge in [-0.25, -0.2) is 9.18 Å². The van der Waals surface area contributed by atoms with Crippen LogP contribution in [0.1, 0.15) is 77.0 Å². The number of fused-ring (bicyclic) bond motifs is 2. The number of pyridine rings is 1. The number of carboxylic acids is 1. The highest BCUT2D eigenvalue weighted by atomic mass is 19.1. The molecule has 0 radical (unpaired) electrons. The predicted octanol–water partition coefficient (Wildman–Crippen LogP) is 6.28. The molecular formula is C32H35FN2O5. The Morgan fingerprint density at radius 3 is 2.52 bits per heavy atom. The van der Waals surface area contributed by atoms with E-state index >= 15 is 4.39 Å². The molecule has 40 heavy (non-hydrogen) atoms. The number of aromatic nitrogens is 1. The van der Waals surface area contributed by atoms with E-state index < -0.39 is 23.5 Å². The Hall–Kier alpha value is -3.78. The van der Waals surface area contributed by atoms with Gasteiger partial charge >= 0.3 is 5.97 Å². The van der Waals surface area contributed by atoms with E-state index in [-0.39, 0.29) is 11.7 Å². The third kappa shape index (κ3) is 4.96. The Morgan fingerprint density at radius 2 is 1.85 bits per heavy atom. The predicted molar refractivity (Wildman–Crippen MR) is 151 cm³/mol. The molecule has 210 valence electrons. The maximum Gasteiger partial charge on any atom is 0.337 e. The van der Waals surface area contributed by atoms with Gasteiger partial charge < -0.3 is 19.5 Å². The molecule has 0 aliphatic carbocycles. The number of ether oxygens (including phenoxy) is 2. The number of hydrogen-bond donors (Lipinski definition) is 1. The molecule has 1 amide bonds. The highest BCUT2D eigenvalue weighted by Gasteiger charge is 2.37. The van der Waals surface area contributed by atoms with Crippen molar-refractivity contribution in [2.75, 3.05) is 18.1 Å². The van der Waals surface area contributed by atoms with E-state index in [1.165, 1.54) is 6.07 Å². The Bertz CT molecular complexity index is 1520. The highest BCUT2D eigenvalue weighted by Crippen LogP contribution is 2.47. The third-order valence-corrected chi connectivity index (χ3v) is 7.57. The van der Waals surface area contributed by atoms with E-state index in [1.54, 1.807) is 23.4 Å². The molecule has 2 aromatic carbocycles. The lowest BCUT2D eigenvalue weighted by atomic mass is 9.83. The van der Waals surface area contributed by atoms with Crippen LogP contribution in [0.5, 0.6) is 5.75 Å². The number of carboxylic acid groups (broad SMARTS) is 1. The second-order valence-corrected chi connectivity index (χ2v) is 11.7. The van der Waals surface area contributed by atoms with Crippen molar-refractivity contribution in [2.45, 2.75) is 72.5 Å². The molecule has 7 nitrogen and oxygen atoms in total. The van der Waals surface area contributed by atoms with Crippen molar-refractivity contribution in [1.29, 1.82) is 0 Å². The van der Waals surface area contributed by atoms with Crippen molar-refractivity contribution in [2.24, 2.45) is 0 Å². The van der Waals surface area contributed by atoms with E-state index in [0.717, 1.165) is 28.7 Å². The maximum atomic E-state index is 15.5. The quantitative estimate of drug-likeness (QED) is 0.405. The second-order valence-electron chi connectivity index (χ2n) is 11.7. The lowest BCUT2D eigenvalue weighted by Crippen LogP contribution is -2.30. The highest BCUT2D eigenvalue weighted by molar-refractivity contribution is 6.08. The van der Waals surface area contributed by atoms with Gasteiger partial charge in [-0.15, -0.1) is 0 Å². The second kappa shape index (κ2) is 10.3. The maximum absolute atomic E-state index is 15.5. The molecule has 2 aliphatic rings. The van der Waals surface area contributed by atoms with Crippen LogP contribution < -0.4 is 9.64 Å². The summed E-state index contributed by atoms with van der Waals surface area (Å²) in [7, 11) is 0. The van der Waals surface area contributed by atoms with Crippen LogP contribution in [0.2, 0.25) is 0 Å². The van der Waals surface area contributed by atoms with Gasteiger partial charge in [0.15, 0.2) is 17.7 Å². The first kappa shape index (κ1) is 27.8. The van der Waals surface area contributed by atoms with Crippen LogP contribution in [0.3, 0.4) is 0 Å². The van der Waals surface area contributed by atoms with Crippen LogP contribution in [0.25, 0.3) is 11.1 Å². The van der Waals surface area contributed by atoms with Crippen LogP contribution in [-0.4, -0.2) is 40.7 Å². The van der Waals surface area contributed by atoms with E-state index in [2.05, 4.69) is 4.98 Å². The normalized spacial score (nSPS) is 15.3. The number of carbonyl (C=O) groups excluding carboxylic acids is 1. The van der Waals surface area contributed by atoms with Crippen LogP contribution in [0.15, 0.2) is 30.6 Å². The topological polar surface area (TPSA) is 89.0 Å². The van der Waals surface area contributed by atoms with E-state index in [9.17, 15) is 14.7 Å². The smallest absolute Gasteiger partial charge is 0.337 e. The number of amides is 1. The van der Waals surface area contributed by atoms with E-state index in [4.69, 9.17) is 9.47 Å². The van der Waals surface area contributed by atoms with Gasteiger partial charge in [-0.05, 0) is 112 Å². The molecule has 5 rings (SSSR count). The number of hydrogen-bond acceptors (Lipinski definition) is 5. The number of aliphatic carboxylic acids is 1. The minimum absolute atomic E-state index is 0.185. The molecule has 1 aromatic heterocycles. The van der Waals surface area contributed by atoms with Gasteiger partial charge in [0.25, 0.3) is 5.91 Å². The van der Waals surface area contributed by atoms with Gasteiger partial charge in [-0.2, -0.15) is 0 Å². The SMILES string of the molecule is Cc1cncc(C(=O)N2CCc3c2cc(C)c(C(OC(C)(C)C)C(=O)O)c3-c2cc(F)c3c(c2C)CCCO3)c1. The first-order valence-electron chi connectivity index (χ1n) is 13.6. The number of halogens is 1. The van der Waals surface area contributed by atoms with Gasteiger partial charge in [-0.1, -0.05) is 0 Å². The first-order valence-corrected chi connectivity index (χ1v) is 13.6. The zero-order valence-corrected chi connectivity index (χ0v) is 23.9. The summed E-state index contributed by atoms with van der Waals surface area (Å²) >= 11 is 0. The van der Waals surface area contributed by atoms with Crippen molar-refractivity contribution in [3.8, 4) is 16.9 Å². The van der Waals surface area contributed by atoms with Crippen LogP contribution in [-0.2, 0) is 22.4 Å². The van der Waals surface area contributed by atoms with Gasteiger partial charge in [-0.3, -0.25) is 9.78 Å². The van der Waals surface area contributed by atoms with Crippen molar-refractivity contribution in [3.05, 3.63) is 75.4 Å². The van der Waals surface area contributed by atoms with Gasteiger partial charge in [0, 0.05) is 35.8 Å². The molecule has 0 bridgehead atoms. The molecule has 1 N–H and O–H groups in total.